The molecule has 9 heterocycles. The lowest BCUT2D eigenvalue weighted by atomic mass is 9.57. The Balaban J connectivity index is 1.21. The van der Waals surface area contributed by atoms with Gasteiger partial charge in [0.05, 0.1) is 22.8 Å². The van der Waals surface area contributed by atoms with E-state index >= 15 is 0 Å². The number of carbonyl (C=O) groups is 16. The van der Waals surface area contributed by atoms with Crippen molar-refractivity contribution in [3.8, 4) is 44.5 Å². The maximum atomic E-state index is 14.5. The maximum Gasteiger partial charge on any atom is 0.200 e. The maximum absolute atomic E-state index is 14.5. The molecule has 4 aromatic carbocycles. The lowest BCUT2D eigenvalue weighted by Gasteiger charge is -2.58. The number of nitrogens with zero attached hydrogens (tertiary/aromatic N) is 2. The predicted molar refractivity (Wildman–Crippen MR) is 485 cm³/mol. The zero-order chi connectivity index (χ0) is 104. The van der Waals surface area contributed by atoms with E-state index < -0.39 is 255 Å². The minimum Gasteiger partial charge on any atom is -0.382 e. The smallest absolute Gasteiger partial charge is 0.200 e. The van der Waals surface area contributed by atoms with Crippen LogP contribution < -0.4 is 0 Å². The van der Waals surface area contributed by atoms with E-state index in [1.54, 1.807) is 0 Å². The van der Waals surface area contributed by atoms with Crippen LogP contribution in [0.5, 0.6) is 0 Å². The molecule has 4 saturated heterocycles. The van der Waals surface area contributed by atoms with Gasteiger partial charge in [-0.05, 0) is 228 Å². The molecule has 6 aliphatic rings. The van der Waals surface area contributed by atoms with E-state index in [1.165, 1.54) is 146 Å². The number of rotatable bonds is 28. The number of Topliss-reactive ketones (excluding diaryl/α,β-unsaturated/α-hetero) is 16. The van der Waals surface area contributed by atoms with E-state index in [9.17, 15) is 158 Å². The number of aliphatic hydroxyl groups excluding tert-OH is 4. The van der Waals surface area contributed by atoms with Crippen molar-refractivity contribution in [3.63, 3.8) is 0 Å². The summed E-state index contributed by atoms with van der Waals surface area (Å²) in [5.41, 5.74) is -49.7. The van der Waals surface area contributed by atoms with E-state index in [-0.39, 0.29) is 89.4 Å². The van der Waals surface area contributed by atoms with Crippen molar-refractivity contribution in [2.24, 2.45) is 0 Å². The summed E-state index contributed by atoms with van der Waals surface area (Å²) in [4.78, 5) is 241. The van der Waals surface area contributed by atoms with Gasteiger partial charge >= 0.3 is 0 Å². The van der Waals surface area contributed by atoms with Crippen LogP contribution in [0.4, 0.5) is 0 Å². The average molecular weight is 1940 g/mol. The number of aromatic amines is 2. The molecule has 4 unspecified atom stereocenters. The molecule has 3 aromatic heterocycles. The van der Waals surface area contributed by atoms with Crippen LogP contribution in [0, 0.1) is 0 Å². The van der Waals surface area contributed by atoms with Crippen LogP contribution in [0.1, 0.15) is 180 Å². The number of ketones is 16. The molecular weight excluding hydrogens is 1830 g/mol. The number of hydrogen-bond donors (Lipinski definition) is 18. The quantitative estimate of drug-likeness (QED) is 0.0321. The van der Waals surface area contributed by atoms with Crippen LogP contribution in [-0.4, -0.2) is 310 Å². The fraction of sp³-hybridized carbons (Fsp3) is 0.400. The number of hydrogen-bond acceptors (Lipinski definition) is 38. The highest BCUT2D eigenvalue weighted by Gasteiger charge is 2.84. The molecule has 8 bridgehead atoms. The van der Waals surface area contributed by atoms with Gasteiger partial charge in [-0.15, -0.1) is 0 Å². The Labute approximate surface area is 794 Å². The molecule has 0 radical (unpaired) electrons. The number of benzene rings is 4. The second kappa shape index (κ2) is 35.9. The third kappa shape index (κ3) is 14.4. The van der Waals surface area contributed by atoms with E-state index in [0.717, 1.165) is 27.7 Å². The van der Waals surface area contributed by atoms with Gasteiger partial charge in [0.2, 0.25) is 0 Å². The Morgan fingerprint density at radius 1 is 0.250 bits per heavy atom. The molecule has 13 rings (SSSR count). The van der Waals surface area contributed by atoms with Crippen molar-refractivity contribution in [1.82, 2.24) is 19.9 Å². The van der Waals surface area contributed by atoms with Gasteiger partial charge < -0.3 is 111 Å². The summed E-state index contributed by atoms with van der Waals surface area (Å²) in [6.45, 7) is 10.6. The topological polar surface area (TPSA) is 691 Å². The normalized spacial score (nSPS) is 32.2. The first-order valence-corrected chi connectivity index (χ1v) is 43.6. The highest BCUT2D eigenvalue weighted by molar-refractivity contribution is 6.11. The Morgan fingerprint density at radius 2 is 0.414 bits per heavy atom. The van der Waals surface area contributed by atoms with Crippen LogP contribution in [0.15, 0.2) is 121 Å². The van der Waals surface area contributed by atoms with Crippen molar-refractivity contribution in [2.75, 3.05) is 0 Å². The standard InChI is InChI=1S/C100H102N4O36/c1-41(105)77(121)85-93(129,49(9)113)97(133,53(13)117)89(125,45(5)109)81(137-85)61-25-17-21-57(37-61)73-65-29-31-67(101-65)74(58-22-18-26-62(38-58)82-90(126,46(6)110)98(134,54(14)118)94(130,50(10)114)86(138-82)78(122)42(2)106)69-33-35-71(103-69)76(60-24-20-28-64(40-60)84-92(128,48(8)112)100(136,56(16)120)96(132,52(12)116)88(140-84)80(124)44(4)108)72-36-34-70(104-72)75(68-32-30-66(73)102-68)59-23-19-27-63(39-59)83-91(127,47(7)111)99(135,55(15)119)95(131,51(11)115)87(139-83)79(123)43(3)107/h17-40,77-88,101,104,121-136H,1-16H3/t77?,78?,79?,80?,81-,82-,83-,84-,85+,86+,87+,88+,89-,90-,91-,92-,93+,94+,95+,96+,97+,98+,99+,100+/m0/s1. The summed E-state index contributed by atoms with van der Waals surface area (Å²) in [7, 11) is 0. The number of aliphatic hydroxyl groups is 16. The number of fused-ring (bicyclic) bond motifs is 8. The van der Waals surface area contributed by atoms with Gasteiger partial charge in [-0.2, -0.15) is 0 Å². The third-order valence-corrected chi connectivity index (χ3v) is 28.5. The molecule has 0 saturated carbocycles. The summed E-state index contributed by atoms with van der Waals surface area (Å²) in [6, 6.07) is 25.8. The van der Waals surface area contributed by atoms with Crippen LogP contribution in [0.3, 0.4) is 0 Å². The molecule has 7 aromatic rings. The molecule has 24 atom stereocenters. The minimum absolute atomic E-state index is 0.0695. The molecule has 738 valence electrons. The lowest BCUT2D eigenvalue weighted by molar-refractivity contribution is -0.329. The Morgan fingerprint density at radius 3 is 0.557 bits per heavy atom. The van der Waals surface area contributed by atoms with E-state index in [1.807, 2.05) is 0 Å². The molecule has 40 nitrogen and oxygen atoms in total. The SMILES string of the molecule is CC(=O)C(O)[C@H]1O[C@@H](c2cccc(-c3c4nc(c(-c5cccc([C@@H]6O[C@H](C(O)C(C)=O)[C@](O)(C(C)=O)[C@@](O)(C(C)=O)[C@]6(O)C(C)=O)c5)c5ccc([nH]5)c(-c5cccc([C@@H]6O[C@H](C(O)C(C)=O)[C@](O)(C(C)=O)[C@@](O)(C(C)=O)[C@]6(O)C(C)=O)c5)c5nc(c(-c6cccc([C@@H]7O[C@H](C(O)C(C)=O)[C@](O)(C(C)=O)[C@@](O)(C(C)=O)[C@]7(O)C(C)=O)c6)c6ccc3[nH]6)C=C5)C=C4)c2)[C@@](O)(C(C)=O)[C@](O)(C(C)=O)[C@@]1(O)C(C)=O. The van der Waals surface area contributed by atoms with Crippen molar-refractivity contribution < 1.29 is 177 Å². The van der Waals surface area contributed by atoms with Gasteiger partial charge in [0.25, 0.3) is 0 Å². The summed E-state index contributed by atoms with van der Waals surface area (Å²) in [5, 5.41) is 201. The third-order valence-electron chi connectivity index (χ3n) is 28.5. The highest BCUT2D eigenvalue weighted by atomic mass is 16.6. The zero-order valence-corrected chi connectivity index (χ0v) is 78.0. The van der Waals surface area contributed by atoms with Gasteiger partial charge in [-0.3, -0.25) is 76.7 Å². The molecule has 140 heavy (non-hydrogen) atoms. The Hall–Kier alpha value is -12.6. The number of aromatic nitrogens is 4. The molecule has 0 amide bonds. The average Bonchev–Trinajstić information content (AvgIpc) is 1.04. The number of H-pyrrole nitrogens is 2. The largest absolute Gasteiger partial charge is 0.382 e. The first-order chi connectivity index (χ1) is 64.9. The number of ether oxygens (including phenoxy) is 4. The second-order valence-electron chi connectivity index (χ2n) is 36.6. The minimum atomic E-state index is -4.00. The van der Waals surface area contributed by atoms with Crippen molar-refractivity contribution in [1.29, 1.82) is 0 Å². The van der Waals surface area contributed by atoms with Gasteiger partial charge in [0.1, 0.15) is 73.2 Å². The molecule has 0 spiro atoms. The van der Waals surface area contributed by atoms with Gasteiger partial charge in [0, 0.05) is 44.3 Å². The van der Waals surface area contributed by atoms with Crippen LogP contribution in [0.2, 0.25) is 0 Å². The van der Waals surface area contributed by atoms with Crippen LogP contribution in [0.25, 0.3) is 90.9 Å². The predicted octanol–water partition coefficient (Wildman–Crippen LogP) is 0.724. The van der Waals surface area contributed by atoms with Crippen molar-refractivity contribution in [3.05, 3.63) is 166 Å². The van der Waals surface area contributed by atoms with E-state index in [4.69, 9.17) is 28.9 Å². The molecule has 18 N–H and O–H groups in total. The first kappa shape index (κ1) is 105. The van der Waals surface area contributed by atoms with Crippen LogP contribution >= 0.6 is 0 Å². The molecule has 4 fully saturated rings. The van der Waals surface area contributed by atoms with Gasteiger partial charge in [0.15, 0.2) is 160 Å². The van der Waals surface area contributed by atoms with Crippen molar-refractivity contribution in [2.45, 2.75) is 251 Å². The van der Waals surface area contributed by atoms with Crippen LogP contribution in [-0.2, 0) is 95.7 Å². The molecule has 0 aliphatic carbocycles. The second-order valence-corrected chi connectivity index (χ2v) is 36.6. The van der Waals surface area contributed by atoms with Gasteiger partial charge in [-0.25, -0.2) is 9.97 Å². The number of nitrogens with one attached hydrogen (secondary N) is 2. The summed E-state index contributed by atoms with van der Waals surface area (Å²) < 4.78 is 24.9. The fourth-order valence-corrected chi connectivity index (χ4v) is 21.0. The Kier molecular flexibility index (Phi) is 26.8. The lowest BCUT2D eigenvalue weighted by Crippen LogP contribution is -2.85. The van der Waals surface area contributed by atoms with E-state index in [2.05, 4.69) is 9.97 Å². The first-order valence-electron chi connectivity index (χ1n) is 43.6. The molecular formula is C100H102N4O36. The number of carbonyl (C=O) groups excluding carboxylic acids is 16. The molecule has 6 aliphatic heterocycles. The summed E-state index contributed by atoms with van der Waals surface area (Å²) >= 11 is 0. The summed E-state index contributed by atoms with van der Waals surface area (Å²) in [6.07, 6.45) is -25.6. The van der Waals surface area contributed by atoms with Crippen molar-refractivity contribution >= 4 is 139 Å². The molecule has 40 heteroatoms. The van der Waals surface area contributed by atoms with Gasteiger partial charge in [-0.1, -0.05) is 72.8 Å². The van der Waals surface area contributed by atoms with E-state index in [0.29, 0.717) is 83.1 Å². The summed E-state index contributed by atoms with van der Waals surface area (Å²) in [5.74, 6) is -24.1. The zero-order valence-electron chi connectivity index (χ0n) is 78.0. The Bertz CT molecular complexity index is 6060. The monoisotopic (exact) mass is 1930 g/mol. The fourth-order valence-electron chi connectivity index (χ4n) is 21.0. The highest BCUT2D eigenvalue weighted by Crippen LogP contribution is 2.60.